The Morgan fingerprint density at radius 2 is 1.24 bits per heavy atom. The molecule has 5 aromatic carbocycles. The van der Waals surface area contributed by atoms with Gasteiger partial charge in [-0.25, -0.2) is 19.9 Å². The van der Waals surface area contributed by atoms with Crippen LogP contribution in [0, 0.1) is 0 Å². The number of hydrogen-bond acceptors (Lipinski definition) is 5. The molecule has 0 saturated heterocycles. The Kier molecular flexibility index (Phi) is 5.64. The summed E-state index contributed by atoms with van der Waals surface area (Å²) in [4.78, 5) is 19.8. The van der Waals surface area contributed by atoms with Crippen molar-refractivity contribution in [3.8, 4) is 45.6 Å². The van der Waals surface area contributed by atoms with Gasteiger partial charge in [0.25, 0.3) is 0 Å². The maximum atomic E-state index is 6.35. The minimum Gasteiger partial charge on any atom is -0.456 e. The minimum atomic E-state index is 0.599. The first-order valence-electron chi connectivity index (χ1n) is 14.0. The lowest BCUT2D eigenvalue weighted by Gasteiger charge is -2.09. The van der Waals surface area contributed by atoms with E-state index in [0.717, 1.165) is 67.6 Å². The number of benzene rings is 5. The molecule has 0 unspecified atom stereocenters. The van der Waals surface area contributed by atoms with Crippen molar-refractivity contribution >= 4 is 33.0 Å². The lowest BCUT2D eigenvalue weighted by molar-refractivity contribution is 0.669. The highest BCUT2D eigenvalue weighted by atomic mass is 16.3. The second kappa shape index (κ2) is 9.78. The molecule has 3 aromatic heterocycles. The van der Waals surface area contributed by atoms with Crippen molar-refractivity contribution < 1.29 is 4.42 Å². The summed E-state index contributed by atoms with van der Waals surface area (Å²) in [7, 11) is 0. The van der Waals surface area contributed by atoms with Gasteiger partial charge in [-0.1, -0.05) is 84.9 Å². The van der Waals surface area contributed by atoms with Gasteiger partial charge >= 0.3 is 0 Å². The lowest BCUT2D eigenvalue weighted by atomic mass is 10.0. The summed E-state index contributed by atoms with van der Waals surface area (Å²) >= 11 is 0. The molecule has 0 N–H and O–H groups in total. The topological polar surface area (TPSA) is 69.6 Å². The van der Waals surface area contributed by atoms with Crippen molar-refractivity contribution in [3.63, 3.8) is 0 Å². The van der Waals surface area contributed by atoms with E-state index in [1.807, 2.05) is 84.9 Å². The number of hydrogen-bond donors (Lipinski definition) is 0. The van der Waals surface area contributed by atoms with Gasteiger partial charge in [0.1, 0.15) is 17.0 Å². The van der Waals surface area contributed by atoms with Gasteiger partial charge in [0.2, 0.25) is 0 Å². The quantitative estimate of drug-likeness (QED) is 0.217. The third kappa shape index (κ3) is 3.96. The molecule has 6 heteroatoms. The van der Waals surface area contributed by atoms with Gasteiger partial charge < -0.3 is 8.98 Å². The molecule has 0 bridgehead atoms. The van der Waals surface area contributed by atoms with Crippen LogP contribution in [0.1, 0.15) is 6.92 Å². The van der Waals surface area contributed by atoms with Gasteiger partial charge in [0, 0.05) is 39.6 Å². The van der Waals surface area contributed by atoms with Crippen molar-refractivity contribution in [2.75, 3.05) is 0 Å². The van der Waals surface area contributed by atoms with Crippen LogP contribution < -0.4 is 0 Å². The van der Waals surface area contributed by atoms with Crippen LogP contribution in [-0.2, 0) is 6.54 Å². The van der Waals surface area contributed by atoms with Gasteiger partial charge in [-0.2, -0.15) is 0 Å². The molecular formula is C36H25N5O. The number of furan rings is 1. The Morgan fingerprint density at radius 3 is 1.95 bits per heavy atom. The maximum Gasteiger partial charge on any atom is 0.164 e. The molecule has 200 valence electrons. The predicted octanol–water partition coefficient (Wildman–Crippen LogP) is 8.81. The zero-order valence-corrected chi connectivity index (χ0v) is 22.9. The summed E-state index contributed by atoms with van der Waals surface area (Å²) < 4.78 is 8.61. The normalized spacial score (nSPS) is 11.5. The number of imidazole rings is 1. The van der Waals surface area contributed by atoms with Gasteiger partial charge in [0.15, 0.2) is 17.5 Å². The van der Waals surface area contributed by atoms with Crippen LogP contribution >= 0.6 is 0 Å². The van der Waals surface area contributed by atoms with Gasteiger partial charge in [-0.05, 0) is 43.3 Å². The van der Waals surface area contributed by atoms with Crippen LogP contribution in [0.15, 0.2) is 126 Å². The number of aromatic nitrogens is 5. The lowest BCUT2D eigenvalue weighted by Crippen LogP contribution is -2.00. The van der Waals surface area contributed by atoms with Crippen LogP contribution in [0.4, 0.5) is 0 Å². The molecule has 8 aromatic rings. The third-order valence-corrected chi connectivity index (χ3v) is 7.66. The van der Waals surface area contributed by atoms with Gasteiger partial charge in [0.05, 0.1) is 11.0 Å². The predicted molar refractivity (Wildman–Crippen MR) is 168 cm³/mol. The molecule has 0 spiro atoms. The molecular weight excluding hydrogens is 518 g/mol. The average molecular weight is 544 g/mol. The van der Waals surface area contributed by atoms with Crippen LogP contribution in [-0.4, -0.2) is 24.5 Å². The highest BCUT2D eigenvalue weighted by molar-refractivity contribution is 6.12. The van der Waals surface area contributed by atoms with Crippen molar-refractivity contribution in [3.05, 3.63) is 121 Å². The van der Waals surface area contributed by atoms with E-state index in [0.29, 0.717) is 17.5 Å². The zero-order valence-electron chi connectivity index (χ0n) is 22.9. The Balaban J connectivity index is 1.37. The van der Waals surface area contributed by atoms with Crippen molar-refractivity contribution in [2.24, 2.45) is 0 Å². The van der Waals surface area contributed by atoms with E-state index in [1.165, 1.54) is 0 Å². The maximum absolute atomic E-state index is 6.35. The number of nitrogens with zero attached hydrogens (tertiary/aromatic N) is 5. The first-order chi connectivity index (χ1) is 20.8. The molecule has 42 heavy (non-hydrogen) atoms. The van der Waals surface area contributed by atoms with Crippen molar-refractivity contribution in [1.82, 2.24) is 24.5 Å². The SMILES string of the molecule is CCn1c(-c2ccc3oc4cccc(-c5nc(-c6ccccc6)nc(-c6ccccc6)n5)c4c3c2)nc2ccccc21. The largest absolute Gasteiger partial charge is 0.456 e. The highest BCUT2D eigenvalue weighted by Crippen LogP contribution is 2.38. The number of para-hydroxylation sites is 2. The Morgan fingerprint density at radius 1 is 0.571 bits per heavy atom. The third-order valence-electron chi connectivity index (χ3n) is 7.66. The standard InChI is InChI=1S/C36H25N5O/c1-2-41-29-18-10-9-17-28(29)37-36(41)25-20-21-30-27(22-25)32-26(16-11-19-31(32)42-30)35-39-33(23-12-5-3-6-13-23)38-34(40-35)24-14-7-4-8-15-24/h3-22H,2H2,1H3. The van der Waals surface area contributed by atoms with E-state index < -0.39 is 0 Å². The van der Waals surface area contributed by atoms with Crippen molar-refractivity contribution in [2.45, 2.75) is 13.5 Å². The first-order valence-corrected chi connectivity index (χ1v) is 14.0. The molecule has 6 nitrogen and oxygen atoms in total. The van der Waals surface area contributed by atoms with Gasteiger partial charge in [-0.3, -0.25) is 0 Å². The highest BCUT2D eigenvalue weighted by Gasteiger charge is 2.19. The fraction of sp³-hybridized carbons (Fsp3) is 0.0556. The van der Waals surface area contributed by atoms with Crippen LogP contribution in [0.2, 0.25) is 0 Å². The fourth-order valence-corrected chi connectivity index (χ4v) is 5.70. The molecule has 0 aliphatic carbocycles. The molecule has 0 saturated carbocycles. The summed E-state index contributed by atoms with van der Waals surface area (Å²) in [6.45, 7) is 2.97. The van der Waals surface area contributed by atoms with Crippen molar-refractivity contribution in [1.29, 1.82) is 0 Å². The second-order valence-corrected chi connectivity index (χ2v) is 10.2. The van der Waals surface area contributed by atoms with E-state index in [2.05, 4.69) is 47.9 Å². The van der Waals surface area contributed by atoms with E-state index in [4.69, 9.17) is 24.4 Å². The summed E-state index contributed by atoms with van der Waals surface area (Å²) in [6, 6.07) is 40.7. The molecule has 8 rings (SSSR count). The molecule has 0 amide bonds. The summed E-state index contributed by atoms with van der Waals surface area (Å²) in [5.41, 5.74) is 7.49. The van der Waals surface area contributed by atoms with Crippen LogP contribution in [0.5, 0.6) is 0 Å². The summed E-state index contributed by atoms with van der Waals surface area (Å²) in [5.74, 6) is 2.79. The van der Waals surface area contributed by atoms with Crippen LogP contribution in [0.25, 0.3) is 78.5 Å². The zero-order chi connectivity index (χ0) is 28.0. The average Bonchev–Trinajstić information content (AvgIpc) is 3.63. The first kappa shape index (κ1) is 24.2. The molecule has 0 aliphatic heterocycles. The number of fused-ring (bicyclic) bond motifs is 4. The monoisotopic (exact) mass is 543 g/mol. The molecule has 0 fully saturated rings. The Labute approximate surface area is 242 Å². The second-order valence-electron chi connectivity index (χ2n) is 10.2. The molecule has 0 atom stereocenters. The summed E-state index contributed by atoms with van der Waals surface area (Å²) in [5, 5.41) is 1.97. The Hall–Kier alpha value is -5.62. The minimum absolute atomic E-state index is 0.599. The molecule has 0 aliphatic rings. The molecule has 3 heterocycles. The smallest absolute Gasteiger partial charge is 0.164 e. The van der Waals surface area contributed by atoms with Crippen LogP contribution in [0.3, 0.4) is 0 Å². The summed E-state index contributed by atoms with van der Waals surface area (Å²) in [6.07, 6.45) is 0. The fourth-order valence-electron chi connectivity index (χ4n) is 5.70. The van der Waals surface area contributed by atoms with E-state index in [1.54, 1.807) is 0 Å². The van der Waals surface area contributed by atoms with E-state index >= 15 is 0 Å². The van der Waals surface area contributed by atoms with E-state index in [-0.39, 0.29) is 0 Å². The van der Waals surface area contributed by atoms with E-state index in [9.17, 15) is 0 Å². The van der Waals surface area contributed by atoms with Gasteiger partial charge in [-0.15, -0.1) is 0 Å². The number of rotatable bonds is 5. The number of aryl methyl sites for hydroxylation is 1. The molecule has 0 radical (unpaired) electrons. The Bertz CT molecular complexity index is 2180.